The summed E-state index contributed by atoms with van der Waals surface area (Å²) < 4.78 is 0. The van der Waals surface area contributed by atoms with Crippen LogP contribution < -0.4 is 10.9 Å². The average Bonchev–Trinajstić information content (AvgIpc) is 2.15. The quantitative estimate of drug-likeness (QED) is 0.463. The predicted octanol–water partition coefficient (Wildman–Crippen LogP) is 0.971. The number of hydrazine groups is 1. The zero-order valence-electron chi connectivity index (χ0n) is 6.65. The molecule has 2 amide bonds. The zero-order chi connectivity index (χ0) is 9.68. The summed E-state index contributed by atoms with van der Waals surface area (Å²) in [7, 11) is 0. The Morgan fingerprint density at radius 1 is 1.08 bits per heavy atom. The maximum atomic E-state index is 11.2. The summed E-state index contributed by atoms with van der Waals surface area (Å²) in [6.45, 7) is 0. The van der Waals surface area contributed by atoms with Crippen LogP contribution in [0.15, 0.2) is 30.3 Å². The van der Waals surface area contributed by atoms with Crippen molar-refractivity contribution in [2.24, 2.45) is 0 Å². The number of benzene rings is 1. The van der Waals surface area contributed by atoms with Gasteiger partial charge in [-0.2, -0.15) is 0 Å². The second-order valence-electron chi connectivity index (χ2n) is 2.25. The summed E-state index contributed by atoms with van der Waals surface area (Å²) in [6.07, 6.45) is 0. The molecule has 0 aromatic heterocycles. The number of rotatable bonds is 1. The lowest BCUT2D eigenvalue weighted by Crippen LogP contribution is -2.38. The summed E-state index contributed by atoms with van der Waals surface area (Å²) in [6, 6.07) is 8.54. The third-order valence-corrected chi connectivity index (χ3v) is 1.43. The molecular weight excluding hydrogens is 188 g/mol. The van der Waals surface area contributed by atoms with Crippen LogP contribution in [0, 0.1) is 0 Å². The summed E-state index contributed by atoms with van der Waals surface area (Å²) in [5.74, 6) is -0.372. The van der Waals surface area contributed by atoms with E-state index in [1.165, 1.54) is 0 Å². The first-order valence-corrected chi connectivity index (χ1v) is 3.99. The summed E-state index contributed by atoms with van der Waals surface area (Å²) >= 11 is 3.42. The van der Waals surface area contributed by atoms with E-state index < -0.39 is 5.24 Å². The normalized spacial score (nSPS) is 9.00. The molecule has 2 N–H and O–H groups in total. The first kappa shape index (κ1) is 9.60. The smallest absolute Gasteiger partial charge is 0.267 e. The average molecular weight is 196 g/mol. The maximum Gasteiger partial charge on any atom is 0.294 e. The Morgan fingerprint density at radius 2 is 1.69 bits per heavy atom. The van der Waals surface area contributed by atoms with Gasteiger partial charge >= 0.3 is 0 Å². The molecule has 0 aliphatic heterocycles. The van der Waals surface area contributed by atoms with Gasteiger partial charge in [-0.05, 0) is 12.1 Å². The molecule has 1 aromatic rings. The number of carbonyl (C=O) groups is 2. The SMILES string of the molecule is O=C(S)NNC(=O)c1ccccc1. The number of amides is 2. The molecule has 0 bridgehead atoms. The largest absolute Gasteiger partial charge is 0.294 e. The highest BCUT2D eigenvalue weighted by atomic mass is 32.1. The van der Waals surface area contributed by atoms with Crippen LogP contribution in [0.25, 0.3) is 0 Å². The minimum absolute atomic E-state index is 0.372. The molecule has 0 saturated carbocycles. The summed E-state index contributed by atoms with van der Waals surface area (Å²) in [5.41, 5.74) is 4.73. The maximum absolute atomic E-state index is 11.2. The molecule has 0 saturated heterocycles. The van der Waals surface area contributed by atoms with E-state index in [0.29, 0.717) is 5.56 Å². The van der Waals surface area contributed by atoms with E-state index in [2.05, 4.69) is 23.5 Å². The van der Waals surface area contributed by atoms with Crippen molar-refractivity contribution in [3.63, 3.8) is 0 Å². The predicted molar refractivity (Wildman–Crippen MR) is 51.4 cm³/mol. The Labute approximate surface area is 80.7 Å². The van der Waals surface area contributed by atoms with Crippen LogP contribution in [-0.2, 0) is 0 Å². The molecule has 1 aromatic carbocycles. The number of hydrogen-bond donors (Lipinski definition) is 3. The van der Waals surface area contributed by atoms with Gasteiger partial charge in [0.15, 0.2) is 0 Å². The molecule has 0 fully saturated rings. The molecule has 0 unspecified atom stereocenters. The van der Waals surface area contributed by atoms with Crippen molar-refractivity contribution in [2.45, 2.75) is 0 Å². The van der Waals surface area contributed by atoms with Gasteiger partial charge in [-0.15, -0.1) is 0 Å². The highest BCUT2D eigenvalue weighted by molar-refractivity contribution is 7.96. The lowest BCUT2D eigenvalue weighted by molar-refractivity contribution is 0.0939. The molecule has 0 aliphatic rings. The Bertz CT molecular complexity index is 313. The van der Waals surface area contributed by atoms with Gasteiger partial charge in [-0.1, -0.05) is 30.8 Å². The first-order chi connectivity index (χ1) is 6.20. The molecule has 0 radical (unpaired) electrons. The van der Waals surface area contributed by atoms with Crippen molar-refractivity contribution >= 4 is 23.8 Å². The van der Waals surface area contributed by atoms with Crippen LogP contribution in [0.3, 0.4) is 0 Å². The number of nitrogens with one attached hydrogen (secondary N) is 2. The Morgan fingerprint density at radius 3 is 2.23 bits per heavy atom. The highest BCUT2D eigenvalue weighted by Gasteiger charge is 2.03. The third-order valence-electron chi connectivity index (χ3n) is 1.32. The van der Waals surface area contributed by atoms with Crippen molar-refractivity contribution < 1.29 is 9.59 Å². The van der Waals surface area contributed by atoms with Gasteiger partial charge in [0.05, 0.1) is 0 Å². The van der Waals surface area contributed by atoms with Crippen molar-refractivity contribution in [3.05, 3.63) is 35.9 Å². The highest BCUT2D eigenvalue weighted by Crippen LogP contribution is 1.96. The molecule has 0 aliphatic carbocycles. The van der Waals surface area contributed by atoms with Crippen LogP contribution in [-0.4, -0.2) is 11.1 Å². The molecular formula is C8H8N2O2S. The zero-order valence-corrected chi connectivity index (χ0v) is 7.54. The van der Waals surface area contributed by atoms with Crippen LogP contribution >= 0.6 is 12.6 Å². The van der Waals surface area contributed by atoms with Crippen LogP contribution in [0.1, 0.15) is 10.4 Å². The van der Waals surface area contributed by atoms with Gasteiger partial charge in [0.2, 0.25) is 0 Å². The van der Waals surface area contributed by atoms with Gasteiger partial charge in [-0.3, -0.25) is 20.4 Å². The van der Waals surface area contributed by atoms with Gasteiger partial charge in [0.25, 0.3) is 11.1 Å². The summed E-state index contributed by atoms with van der Waals surface area (Å²) in [5, 5.41) is -0.607. The molecule has 1 rings (SSSR count). The summed E-state index contributed by atoms with van der Waals surface area (Å²) in [4.78, 5) is 21.5. The lowest BCUT2D eigenvalue weighted by atomic mass is 10.2. The van der Waals surface area contributed by atoms with Crippen LogP contribution in [0.5, 0.6) is 0 Å². The molecule has 5 heteroatoms. The molecule has 0 heterocycles. The van der Waals surface area contributed by atoms with E-state index in [1.54, 1.807) is 30.3 Å². The minimum atomic E-state index is -0.607. The van der Waals surface area contributed by atoms with Crippen LogP contribution in [0.4, 0.5) is 4.79 Å². The van der Waals surface area contributed by atoms with E-state index >= 15 is 0 Å². The van der Waals surface area contributed by atoms with Gasteiger partial charge in [0.1, 0.15) is 0 Å². The van der Waals surface area contributed by atoms with Crippen molar-refractivity contribution in [1.29, 1.82) is 0 Å². The topological polar surface area (TPSA) is 58.2 Å². The Kier molecular flexibility index (Phi) is 3.33. The fraction of sp³-hybridized carbons (Fsp3) is 0. The van der Waals surface area contributed by atoms with E-state index in [4.69, 9.17) is 0 Å². The van der Waals surface area contributed by atoms with Crippen molar-refractivity contribution in [2.75, 3.05) is 0 Å². The second kappa shape index (κ2) is 4.51. The molecule has 0 atom stereocenters. The number of thiol groups is 1. The standard InChI is InChI=1S/C8H8N2O2S/c11-7(9-10-8(12)13)6-4-2-1-3-5-6/h1-5H,(H,9,11)(H2,10,12,13). The fourth-order valence-corrected chi connectivity index (χ4v) is 0.828. The van der Waals surface area contributed by atoms with Crippen LogP contribution in [0.2, 0.25) is 0 Å². The van der Waals surface area contributed by atoms with E-state index in [9.17, 15) is 9.59 Å². The van der Waals surface area contributed by atoms with Gasteiger partial charge in [-0.25, -0.2) is 0 Å². The first-order valence-electron chi connectivity index (χ1n) is 3.54. The van der Waals surface area contributed by atoms with Gasteiger partial charge < -0.3 is 0 Å². The minimum Gasteiger partial charge on any atom is -0.267 e. The van der Waals surface area contributed by atoms with Crippen molar-refractivity contribution in [3.8, 4) is 0 Å². The third kappa shape index (κ3) is 3.16. The lowest BCUT2D eigenvalue weighted by Gasteiger charge is -2.03. The molecule has 13 heavy (non-hydrogen) atoms. The van der Waals surface area contributed by atoms with Gasteiger partial charge in [0, 0.05) is 5.56 Å². The van der Waals surface area contributed by atoms with Crippen molar-refractivity contribution in [1.82, 2.24) is 10.9 Å². The Balaban J connectivity index is 2.54. The molecule has 4 nitrogen and oxygen atoms in total. The van der Waals surface area contributed by atoms with E-state index in [1.807, 2.05) is 0 Å². The fourth-order valence-electron chi connectivity index (χ4n) is 0.772. The van der Waals surface area contributed by atoms with E-state index in [-0.39, 0.29) is 5.91 Å². The number of hydrogen-bond acceptors (Lipinski definition) is 2. The number of carbonyl (C=O) groups excluding carboxylic acids is 2. The molecule has 68 valence electrons. The Hall–Kier alpha value is -1.49. The van der Waals surface area contributed by atoms with E-state index in [0.717, 1.165) is 0 Å². The molecule has 0 spiro atoms. The monoisotopic (exact) mass is 196 g/mol. The second-order valence-corrected chi connectivity index (χ2v) is 2.66.